The summed E-state index contributed by atoms with van der Waals surface area (Å²) in [6.07, 6.45) is 1.78. The number of aliphatic hydroxyl groups is 1. The maximum Gasteiger partial charge on any atom is 0.253 e. The molecule has 7 nitrogen and oxygen atoms in total. The van der Waals surface area contributed by atoms with E-state index < -0.39 is 0 Å². The van der Waals surface area contributed by atoms with Gasteiger partial charge >= 0.3 is 0 Å². The van der Waals surface area contributed by atoms with E-state index in [0.717, 1.165) is 6.26 Å². The summed E-state index contributed by atoms with van der Waals surface area (Å²) < 4.78 is 15.4. The molecule has 96 valence electrons. The molecule has 18 heavy (non-hydrogen) atoms. The molecule has 2 rings (SSSR count). The van der Waals surface area contributed by atoms with Crippen molar-refractivity contribution >= 4 is 0 Å². The molecule has 0 fully saturated rings. The second-order valence-electron chi connectivity index (χ2n) is 3.46. The van der Waals surface area contributed by atoms with E-state index in [0.29, 0.717) is 12.3 Å². The Morgan fingerprint density at radius 1 is 1.39 bits per heavy atom. The number of nitrogens with zero attached hydrogens (tertiary/aromatic N) is 2. The highest BCUT2D eigenvalue weighted by Crippen LogP contribution is 2.09. The molecule has 0 saturated heterocycles. The van der Waals surface area contributed by atoms with Gasteiger partial charge in [-0.1, -0.05) is 6.92 Å². The fourth-order valence-corrected chi connectivity index (χ4v) is 1.26. The summed E-state index contributed by atoms with van der Waals surface area (Å²) in [6.45, 7) is 1.55. The Morgan fingerprint density at radius 2 is 2.17 bits per heavy atom. The van der Waals surface area contributed by atoms with E-state index in [4.69, 9.17) is 18.7 Å². The normalized spacial score (nSPS) is 10.6. The Balaban J connectivity index is 2.04. The second kappa shape index (κ2) is 5.46. The van der Waals surface area contributed by atoms with Crippen molar-refractivity contribution in [2.75, 3.05) is 0 Å². The number of ether oxygens (including phenoxy) is 1. The highest BCUT2D eigenvalue weighted by atomic mass is 16.5. The van der Waals surface area contributed by atoms with Gasteiger partial charge in [0.2, 0.25) is 17.1 Å². The van der Waals surface area contributed by atoms with Crippen LogP contribution < -0.4 is 10.2 Å². The fourth-order valence-electron chi connectivity index (χ4n) is 1.26. The van der Waals surface area contributed by atoms with E-state index in [-0.39, 0.29) is 36.0 Å². The lowest BCUT2D eigenvalue weighted by Crippen LogP contribution is -2.08. The molecular formula is C11H12N2O5. The number of hydrogen-bond acceptors (Lipinski definition) is 7. The van der Waals surface area contributed by atoms with Crippen LogP contribution in [0.15, 0.2) is 26.0 Å². The van der Waals surface area contributed by atoms with Crippen LogP contribution in [0.5, 0.6) is 5.75 Å². The van der Waals surface area contributed by atoms with Gasteiger partial charge < -0.3 is 18.7 Å². The predicted octanol–water partition coefficient (Wildman–Crippen LogP) is 0.656. The summed E-state index contributed by atoms with van der Waals surface area (Å²) in [4.78, 5) is 11.5. The van der Waals surface area contributed by atoms with Gasteiger partial charge in [0.1, 0.15) is 18.6 Å². The summed E-state index contributed by atoms with van der Waals surface area (Å²) in [6, 6.07) is 1.17. The lowest BCUT2D eigenvalue weighted by atomic mass is 10.4. The van der Waals surface area contributed by atoms with Gasteiger partial charge in [0.25, 0.3) is 5.89 Å². The molecule has 0 aliphatic carbocycles. The van der Waals surface area contributed by atoms with Gasteiger partial charge in [0, 0.05) is 12.5 Å². The third-order valence-electron chi connectivity index (χ3n) is 2.17. The lowest BCUT2D eigenvalue weighted by molar-refractivity contribution is 0.228. The first-order chi connectivity index (χ1) is 8.72. The highest BCUT2D eigenvalue weighted by Gasteiger charge is 2.08. The molecule has 0 unspecified atom stereocenters. The molecule has 0 amide bonds. The van der Waals surface area contributed by atoms with Crippen LogP contribution in [0.2, 0.25) is 0 Å². The number of aryl methyl sites for hydroxylation is 1. The summed E-state index contributed by atoms with van der Waals surface area (Å²) in [5.41, 5.74) is -0.375. The molecule has 2 heterocycles. The molecule has 2 aromatic heterocycles. The standard InChI is InChI=1S/C11H12N2O5/c1-2-10-12-13-11(18-10)6-17-9-5-16-7(4-14)3-8(9)15/h3,5,14H,2,4,6H2,1H3. The Bertz CT molecular complexity index is 575. The van der Waals surface area contributed by atoms with Gasteiger partial charge in [0.05, 0.1) is 0 Å². The molecule has 2 aromatic rings. The van der Waals surface area contributed by atoms with Gasteiger partial charge in [-0.3, -0.25) is 4.79 Å². The van der Waals surface area contributed by atoms with Gasteiger partial charge in [-0.15, -0.1) is 10.2 Å². The van der Waals surface area contributed by atoms with Crippen LogP contribution in [0, 0.1) is 0 Å². The molecule has 0 saturated carbocycles. The largest absolute Gasteiger partial charge is 0.477 e. The SMILES string of the molecule is CCc1nnc(COc2coc(CO)cc2=O)o1. The maximum atomic E-state index is 11.5. The molecule has 0 atom stereocenters. The molecule has 0 aliphatic heterocycles. The van der Waals surface area contributed by atoms with E-state index >= 15 is 0 Å². The van der Waals surface area contributed by atoms with Gasteiger partial charge in [-0.05, 0) is 0 Å². The molecule has 0 aromatic carbocycles. The van der Waals surface area contributed by atoms with E-state index in [9.17, 15) is 4.79 Å². The predicted molar refractivity (Wildman–Crippen MR) is 58.9 cm³/mol. The van der Waals surface area contributed by atoms with E-state index in [1.807, 2.05) is 6.92 Å². The van der Waals surface area contributed by atoms with E-state index in [1.165, 1.54) is 6.07 Å². The average molecular weight is 252 g/mol. The number of rotatable bonds is 5. The average Bonchev–Trinajstić information content (AvgIpc) is 2.85. The van der Waals surface area contributed by atoms with Crippen molar-refractivity contribution in [1.29, 1.82) is 0 Å². The maximum absolute atomic E-state index is 11.5. The zero-order valence-corrected chi connectivity index (χ0v) is 9.75. The Hall–Kier alpha value is -2.15. The zero-order valence-electron chi connectivity index (χ0n) is 9.75. The molecule has 0 aliphatic rings. The summed E-state index contributed by atoms with van der Waals surface area (Å²) in [5.74, 6) is 1.01. The van der Waals surface area contributed by atoms with Gasteiger partial charge in [0.15, 0.2) is 6.61 Å². The number of aliphatic hydroxyl groups excluding tert-OH is 1. The number of aromatic nitrogens is 2. The Labute approximate surface area is 102 Å². The Kier molecular flexibility index (Phi) is 3.73. The molecule has 0 radical (unpaired) electrons. The van der Waals surface area contributed by atoms with E-state index in [2.05, 4.69) is 10.2 Å². The minimum absolute atomic E-state index is 0.00374. The summed E-state index contributed by atoms with van der Waals surface area (Å²) >= 11 is 0. The second-order valence-corrected chi connectivity index (χ2v) is 3.46. The third kappa shape index (κ3) is 2.75. The topological polar surface area (TPSA) is 98.6 Å². The third-order valence-corrected chi connectivity index (χ3v) is 2.17. The van der Waals surface area contributed by atoms with Crippen LogP contribution in [0.3, 0.4) is 0 Å². The first-order valence-corrected chi connectivity index (χ1v) is 5.39. The van der Waals surface area contributed by atoms with Crippen molar-refractivity contribution in [2.24, 2.45) is 0 Å². The highest BCUT2D eigenvalue weighted by molar-refractivity contribution is 5.17. The lowest BCUT2D eigenvalue weighted by Gasteiger charge is -2.02. The monoisotopic (exact) mass is 252 g/mol. The van der Waals surface area contributed by atoms with Crippen molar-refractivity contribution in [3.8, 4) is 5.75 Å². The Morgan fingerprint density at radius 3 is 2.78 bits per heavy atom. The molecule has 7 heteroatoms. The van der Waals surface area contributed by atoms with Crippen LogP contribution in [-0.2, 0) is 19.6 Å². The van der Waals surface area contributed by atoms with Crippen molar-refractivity contribution in [3.63, 3.8) is 0 Å². The van der Waals surface area contributed by atoms with Gasteiger partial charge in [-0.25, -0.2) is 0 Å². The van der Waals surface area contributed by atoms with Crippen LogP contribution in [0.1, 0.15) is 24.5 Å². The first-order valence-electron chi connectivity index (χ1n) is 5.39. The van der Waals surface area contributed by atoms with Gasteiger partial charge in [-0.2, -0.15) is 0 Å². The molecular weight excluding hydrogens is 240 g/mol. The van der Waals surface area contributed by atoms with Crippen LogP contribution >= 0.6 is 0 Å². The summed E-state index contributed by atoms with van der Waals surface area (Å²) in [5, 5.41) is 16.3. The fraction of sp³-hybridized carbons (Fsp3) is 0.364. The van der Waals surface area contributed by atoms with Crippen molar-refractivity contribution < 1.29 is 18.7 Å². The quantitative estimate of drug-likeness (QED) is 0.834. The zero-order chi connectivity index (χ0) is 13.0. The summed E-state index contributed by atoms with van der Waals surface area (Å²) in [7, 11) is 0. The van der Waals surface area contributed by atoms with Crippen molar-refractivity contribution in [3.05, 3.63) is 40.1 Å². The van der Waals surface area contributed by atoms with Crippen molar-refractivity contribution in [1.82, 2.24) is 10.2 Å². The first kappa shape index (κ1) is 12.3. The van der Waals surface area contributed by atoms with Crippen LogP contribution in [0.4, 0.5) is 0 Å². The minimum Gasteiger partial charge on any atom is -0.477 e. The van der Waals surface area contributed by atoms with Crippen molar-refractivity contribution in [2.45, 2.75) is 26.6 Å². The molecule has 0 spiro atoms. The van der Waals surface area contributed by atoms with Crippen LogP contribution in [-0.4, -0.2) is 15.3 Å². The smallest absolute Gasteiger partial charge is 0.253 e. The number of hydrogen-bond donors (Lipinski definition) is 1. The minimum atomic E-state index is -0.375. The van der Waals surface area contributed by atoms with Crippen LogP contribution in [0.25, 0.3) is 0 Å². The van der Waals surface area contributed by atoms with E-state index in [1.54, 1.807) is 0 Å². The molecule has 1 N–H and O–H groups in total. The molecule has 0 bridgehead atoms.